The summed E-state index contributed by atoms with van der Waals surface area (Å²) in [4.78, 5) is 21.9. The number of nitrogens with zero attached hydrogens (tertiary/aromatic N) is 3. The minimum Gasteiger partial charge on any atom is -0.497 e. The lowest BCUT2D eigenvalue weighted by Gasteiger charge is -2.45. The molecule has 158 valence electrons. The quantitative estimate of drug-likeness (QED) is 0.781. The molecule has 0 radical (unpaired) electrons. The average molecular weight is 408 g/mol. The maximum absolute atomic E-state index is 13.1. The first-order valence-electron chi connectivity index (χ1n) is 11.0. The van der Waals surface area contributed by atoms with Gasteiger partial charge < -0.3 is 19.3 Å². The Labute approximate surface area is 177 Å². The zero-order valence-electron chi connectivity index (χ0n) is 17.6. The first kappa shape index (κ1) is 19.4. The molecule has 30 heavy (non-hydrogen) atoms. The second-order valence-electron chi connectivity index (χ2n) is 8.48. The van der Waals surface area contributed by atoms with E-state index in [1.165, 1.54) is 11.1 Å². The van der Waals surface area contributed by atoms with Crippen molar-refractivity contribution >= 4 is 11.7 Å². The van der Waals surface area contributed by atoms with Crippen LogP contribution in [-0.4, -0.2) is 55.7 Å². The van der Waals surface area contributed by atoms with Gasteiger partial charge in [0, 0.05) is 32.4 Å². The molecule has 3 aliphatic heterocycles. The fourth-order valence-electron chi connectivity index (χ4n) is 5.18. The molecular weight excluding hydrogens is 378 g/mol. The van der Waals surface area contributed by atoms with Gasteiger partial charge in [-0.2, -0.15) is 0 Å². The van der Waals surface area contributed by atoms with Gasteiger partial charge in [0.1, 0.15) is 11.6 Å². The molecule has 6 heteroatoms. The van der Waals surface area contributed by atoms with Crippen molar-refractivity contribution in [2.75, 3.05) is 44.8 Å². The number of hydrogen-bond acceptors (Lipinski definition) is 5. The van der Waals surface area contributed by atoms with E-state index in [0.29, 0.717) is 0 Å². The number of rotatable bonds is 3. The van der Waals surface area contributed by atoms with Crippen molar-refractivity contribution in [3.8, 4) is 5.75 Å². The van der Waals surface area contributed by atoms with Crippen LogP contribution in [0.5, 0.6) is 5.75 Å². The van der Waals surface area contributed by atoms with Gasteiger partial charge in [0.2, 0.25) is 0 Å². The third kappa shape index (κ3) is 3.33. The fraction of sp³-hybridized carbons (Fsp3) is 0.500. The Morgan fingerprint density at radius 2 is 1.93 bits per heavy atom. The molecule has 1 spiro atoms. The molecule has 0 N–H and O–H groups in total. The lowest BCUT2D eigenvalue weighted by atomic mass is 9.79. The van der Waals surface area contributed by atoms with Crippen LogP contribution < -0.4 is 9.64 Å². The van der Waals surface area contributed by atoms with Crippen molar-refractivity contribution in [2.24, 2.45) is 0 Å². The van der Waals surface area contributed by atoms with Crippen molar-refractivity contribution in [3.05, 3.63) is 53.2 Å². The molecule has 2 aromatic rings. The Hall–Kier alpha value is -2.60. The summed E-state index contributed by atoms with van der Waals surface area (Å²) in [5.74, 6) is 1.83. The zero-order valence-corrected chi connectivity index (χ0v) is 17.6. The fourth-order valence-corrected chi connectivity index (χ4v) is 5.18. The highest BCUT2D eigenvalue weighted by atomic mass is 16.5. The Morgan fingerprint density at radius 3 is 2.70 bits per heavy atom. The number of piperidine rings is 1. The van der Waals surface area contributed by atoms with E-state index < -0.39 is 0 Å². The predicted octanol–water partition coefficient (Wildman–Crippen LogP) is 3.39. The summed E-state index contributed by atoms with van der Waals surface area (Å²) >= 11 is 0. The highest BCUT2D eigenvalue weighted by Gasteiger charge is 2.41. The number of fused-ring (bicyclic) bond motifs is 2. The van der Waals surface area contributed by atoms with Crippen molar-refractivity contribution in [2.45, 2.75) is 37.7 Å². The third-order valence-electron chi connectivity index (χ3n) is 6.83. The number of anilines is 1. The molecule has 0 saturated carbocycles. The molecule has 2 saturated heterocycles. The van der Waals surface area contributed by atoms with E-state index in [0.717, 1.165) is 82.0 Å². The van der Waals surface area contributed by atoms with E-state index in [9.17, 15) is 4.79 Å². The molecule has 0 unspecified atom stereocenters. The van der Waals surface area contributed by atoms with E-state index in [1.807, 2.05) is 23.1 Å². The summed E-state index contributed by atoms with van der Waals surface area (Å²) in [6.45, 7) is 4.09. The lowest BCUT2D eigenvalue weighted by Crippen LogP contribution is -2.47. The number of amides is 1. The SMILES string of the molecule is COc1ccc2c(c1)CCOC21CCN(c2ncccc2C(=O)N2CCCC2)CC1. The number of likely N-dealkylation sites (tertiary alicyclic amines) is 1. The van der Waals surface area contributed by atoms with Gasteiger partial charge in [-0.1, -0.05) is 6.07 Å². The largest absolute Gasteiger partial charge is 0.497 e. The number of benzene rings is 1. The smallest absolute Gasteiger partial charge is 0.257 e. The van der Waals surface area contributed by atoms with Crippen LogP contribution in [0.3, 0.4) is 0 Å². The molecule has 6 nitrogen and oxygen atoms in total. The van der Waals surface area contributed by atoms with Gasteiger partial charge in [0.15, 0.2) is 0 Å². The number of carbonyl (C=O) groups excluding carboxylic acids is 1. The Morgan fingerprint density at radius 1 is 1.13 bits per heavy atom. The van der Waals surface area contributed by atoms with Crippen LogP contribution in [0.1, 0.15) is 47.2 Å². The van der Waals surface area contributed by atoms with Gasteiger partial charge in [-0.05, 0) is 67.5 Å². The summed E-state index contributed by atoms with van der Waals surface area (Å²) in [5, 5.41) is 0. The predicted molar refractivity (Wildman–Crippen MR) is 115 cm³/mol. The molecule has 1 aromatic heterocycles. The Balaban J connectivity index is 1.37. The van der Waals surface area contributed by atoms with Gasteiger partial charge in [0.05, 0.1) is 24.9 Å². The second-order valence-corrected chi connectivity index (χ2v) is 8.48. The van der Waals surface area contributed by atoms with Crippen molar-refractivity contribution in [1.29, 1.82) is 0 Å². The summed E-state index contributed by atoms with van der Waals surface area (Å²) in [7, 11) is 1.71. The molecule has 0 bridgehead atoms. The molecular formula is C24H29N3O3. The summed E-state index contributed by atoms with van der Waals surface area (Å²) in [6.07, 6.45) is 6.68. The number of carbonyl (C=O) groups is 1. The van der Waals surface area contributed by atoms with Crippen molar-refractivity contribution in [1.82, 2.24) is 9.88 Å². The van der Waals surface area contributed by atoms with E-state index >= 15 is 0 Å². The molecule has 0 aliphatic carbocycles. The van der Waals surface area contributed by atoms with E-state index in [1.54, 1.807) is 13.3 Å². The van der Waals surface area contributed by atoms with E-state index in [-0.39, 0.29) is 11.5 Å². The molecule has 0 atom stereocenters. The summed E-state index contributed by atoms with van der Waals surface area (Å²) < 4.78 is 11.8. The topological polar surface area (TPSA) is 54.9 Å². The minimum absolute atomic E-state index is 0.113. The first-order chi connectivity index (χ1) is 14.7. The number of ether oxygens (including phenoxy) is 2. The normalized spacial score (nSPS) is 20.3. The number of pyridine rings is 1. The number of aromatic nitrogens is 1. The zero-order chi connectivity index (χ0) is 20.6. The minimum atomic E-state index is -0.246. The summed E-state index contributed by atoms with van der Waals surface area (Å²) in [6, 6.07) is 10.1. The van der Waals surface area contributed by atoms with Gasteiger partial charge in [-0.25, -0.2) is 4.98 Å². The van der Waals surface area contributed by atoms with Crippen LogP contribution in [0.2, 0.25) is 0 Å². The summed E-state index contributed by atoms with van der Waals surface area (Å²) in [5.41, 5.74) is 3.11. The van der Waals surface area contributed by atoms with Crippen LogP contribution in [0, 0.1) is 0 Å². The molecule has 1 amide bonds. The molecule has 2 fully saturated rings. The monoisotopic (exact) mass is 407 g/mol. The Bertz CT molecular complexity index is 931. The van der Waals surface area contributed by atoms with Gasteiger partial charge in [-0.15, -0.1) is 0 Å². The van der Waals surface area contributed by atoms with Crippen LogP contribution in [0.25, 0.3) is 0 Å². The maximum Gasteiger partial charge on any atom is 0.257 e. The Kier molecular flexibility index (Phi) is 5.11. The number of hydrogen-bond donors (Lipinski definition) is 0. The second kappa shape index (κ2) is 7.91. The van der Waals surface area contributed by atoms with Crippen molar-refractivity contribution < 1.29 is 14.3 Å². The third-order valence-corrected chi connectivity index (χ3v) is 6.83. The average Bonchev–Trinajstić information content (AvgIpc) is 3.34. The molecule has 4 heterocycles. The lowest BCUT2D eigenvalue weighted by molar-refractivity contribution is -0.0767. The van der Waals surface area contributed by atoms with Crippen LogP contribution in [-0.2, 0) is 16.8 Å². The molecule has 5 rings (SSSR count). The van der Waals surface area contributed by atoms with Gasteiger partial charge in [-0.3, -0.25) is 4.79 Å². The van der Waals surface area contributed by atoms with E-state index in [4.69, 9.17) is 9.47 Å². The standard InChI is InChI=1S/C24H29N3O3/c1-29-19-6-7-21-18(17-19)8-16-30-24(21)9-14-26(15-10-24)22-20(5-4-11-25-22)23(28)27-12-2-3-13-27/h4-7,11,17H,2-3,8-10,12-16H2,1H3. The van der Waals surface area contributed by atoms with Crippen LogP contribution in [0.15, 0.2) is 36.5 Å². The van der Waals surface area contributed by atoms with Gasteiger partial charge >= 0.3 is 0 Å². The highest BCUT2D eigenvalue weighted by molar-refractivity contribution is 5.99. The first-order valence-corrected chi connectivity index (χ1v) is 11.0. The molecule has 3 aliphatic rings. The highest BCUT2D eigenvalue weighted by Crippen LogP contribution is 2.43. The van der Waals surface area contributed by atoms with Crippen LogP contribution >= 0.6 is 0 Å². The van der Waals surface area contributed by atoms with E-state index in [2.05, 4.69) is 22.0 Å². The number of methoxy groups -OCH3 is 1. The maximum atomic E-state index is 13.1. The van der Waals surface area contributed by atoms with Gasteiger partial charge in [0.25, 0.3) is 5.91 Å². The molecule has 1 aromatic carbocycles. The van der Waals surface area contributed by atoms with Crippen molar-refractivity contribution in [3.63, 3.8) is 0 Å². The van der Waals surface area contributed by atoms with Crippen LogP contribution in [0.4, 0.5) is 5.82 Å².